The third-order valence-corrected chi connectivity index (χ3v) is 3.39. The zero-order chi connectivity index (χ0) is 11.8. The van der Waals surface area contributed by atoms with Gasteiger partial charge in [0.05, 0.1) is 10.6 Å². The molecule has 0 aliphatic heterocycles. The molecule has 1 rings (SSSR count). The van der Waals surface area contributed by atoms with Gasteiger partial charge >= 0.3 is 5.97 Å². The van der Waals surface area contributed by atoms with Crippen molar-refractivity contribution in [2.75, 3.05) is 0 Å². The first kappa shape index (κ1) is 12.5. The van der Waals surface area contributed by atoms with Crippen molar-refractivity contribution in [3.05, 3.63) is 32.8 Å². The molecule has 0 unspecified atom stereocenters. The summed E-state index contributed by atoms with van der Waals surface area (Å²) in [5.74, 6) is -1.01. The molecule has 0 saturated carbocycles. The molecule has 82 valence electrons. The maximum atomic E-state index is 10.9. The molecule has 0 aromatic heterocycles. The molecule has 0 fully saturated rings. The highest BCUT2D eigenvalue weighted by molar-refractivity contribution is 9.10. The van der Waals surface area contributed by atoms with Crippen LogP contribution in [-0.4, -0.2) is 11.1 Å². The summed E-state index contributed by atoms with van der Waals surface area (Å²) < 4.78 is 0.619. The molecule has 0 radical (unpaired) electrons. The number of carboxylic acid groups (broad SMARTS) is 1. The minimum atomic E-state index is -1.01. The van der Waals surface area contributed by atoms with Crippen molar-refractivity contribution in [2.24, 2.45) is 0 Å². The second-order valence-electron chi connectivity index (χ2n) is 4.37. The molecule has 15 heavy (non-hydrogen) atoms. The van der Waals surface area contributed by atoms with Crippen LogP contribution in [0, 0.1) is 0 Å². The van der Waals surface area contributed by atoms with Gasteiger partial charge in [-0.25, -0.2) is 4.79 Å². The lowest BCUT2D eigenvalue weighted by atomic mass is 9.86. The predicted octanol–water partition coefficient (Wildman–Crippen LogP) is 4.10. The van der Waals surface area contributed by atoms with Crippen LogP contribution in [0.25, 0.3) is 0 Å². The van der Waals surface area contributed by atoms with E-state index in [9.17, 15) is 4.79 Å². The number of hydrogen-bond donors (Lipinski definition) is 1. The fraction of sp³-hybridized carbons (Fsp3) is 0.364. The van der Waals surface area contributed by atoms with Crippen molar-refractivity contribution in [2.45, 2.75) is 26.2 Å². The van der Waals surface area contributed by atoms with E-state index in [0.717, 1.165) is 5.56 Å². The summed E-state index contributed by atoms with van der Waals surface area (Å²) >= 11 is 9.14. The first-order valence-electron chi connectivity index (χ1n) is 4.46. The van der Waals surface area contributed by atoms with Crippen molar-refractivity contribution in [1.82, 2.24) is 0 Å². The highest BCUT2D eigenvalue weighted by Crippen LogP contribution is 2.33. The Morgan fingerprint density at radius 3 is 2.33 bits per heavy atom. The van der Waals surface area contributed by atoms with E-state index in [4.69, 9.17) is 16.7 Å². The summed E-state index contributed by atoms with van der Waals surface area (Å²) in [4.78, 5) is 10.9. The van der Waals surface area contributed by atoms with E-state index in [1.54, 1.807) is 6.07 Å². The summed E-state index contributed by atoms with van der Waals surface area (Å²) in [5.41, 5.74) is 0.976. The standard InChI is InChI=1S/C11H12BrClO2/c1-11(2,3)6-4-7(10(14)15)9(13)8(12)5-6/h4-5H,1-3H3,(H,14,15). The highest BCUT2D eigenvalue weighted by Gasteiger charge is 2.20. The maximum absolute atomic E-state index is 10.9. The predicted molar refractivity (Wildman–Crippen MR) is 64.8 cm³/mol. The molecule has 0 bridgehead atoms. The fourth-order valence-corrected chi connectivity index (χ4v) is 1.83. The first-order valence-corrected chi connectivity index (χ1v) is 5.63. The van der Waals surface area contributed by atoms with Crippen molar-refractivity contribution < 1.29 is 9.90 Å². The second-order valence-corrected chi connectivity index (χ2v) is 5.61. The molecular formula is C11H12BrClO2. The number of carbonyl (C=O) groups is 1. The monoisotopic (exact) mass is 290 g/mol. The van der Waals surface area contributed by atoms with Gasteiger partial charge in [-0.3, -0.25) is 0 Å². The number of hydrogen-bond acceptors (Lipinski definition) is 1. The van der Waals surface area contributed by atoms with Gasteiger partial charge in [-0.15, -0.1) is 0 Å². The number of halogens is 2. The van der Waals surface area contributed by atoms with Crippen LogP contribution in [-0.2, 0) is 5.41 Å². The zero-order valence-corrected chi connectivity index (χ0v) is 11.1. The minimum absolute atomic E-state index is 0.0999. The topological polar surface area (TPSA) is 37.3 Å². The molecule has 4 heteroatoms. The number of aromatic carboxylic acids is 1. The Morgan fingerprint density at radius 1 is 1.40 bits per heavy atom. The largest absolute Gasteiger partial charge is 0.478 e. The van der Waals surface area contributed by atoms with E-state index >= 15 is 0 Å². The summed E-state index contributed by atoms with van der Waals surface area (Å²) in [6.45, 7) is 6.07. The molecule has 0 aliphatic carbocycles. The van der Waals surface area contributed by atoms with Gasteiger partial charge in [-0.05, 0) is 39.0 Å². The summed E-state index contributed by atoms with van der Waals surface area (Å²) in [5, 5.41) is 9.22. The zero-order valence-electron chi connectivity index (χ0n) is 8.77. The van der Waals surface area contributed by atoms with Gasteiger partial charge in [-0.2, -0.15) is 0 Å². The molecule has 1 N–H and O–H groups in total. The summed E-state index contributed by atoms with van der Waals surface area (Å²) in [6.07, 6.45) is 0. The Hall–Kier alpha value is -0.540. The lowest BCUT2D eigenvalue weighted by Crippen LogP contribution is -2.13. The van der Waals surface area contributed by atoms with E-state index in [2.05, 4.69) is 15.9 Å². The average Bonchev–Trinajstić information content (AvgIpc) is 2.06. The Labute approximate surface area is 102 Å². The third kappa shape index (κ3) is 2.73. The average molecular weight is 292 g/mol. The van der Waals surface area contributed by atoms with Crippen molar-refractivity contribution >= 4 is 33.5 Å². The SMILES string of the molecule is CC(C)(C)c1cc(Br)c(Cl)c(C(=O)O)c1. The molecule has 0 atom stereocenters. The smallest absolute Gasteiger partial charge is 0.337 e. The Balaban J connectivity index is 3.43. The van der Waals surface area contributed by atoms with Gasteiger partial charge in [0.2, 0.25) is 0 Å². The van der Waals surface area contributed by atoms with Crippen LogP contribution < -0.4 is 0 Å². The lowest BCUT2D eigenvalue weighted by molar-refractivity contribution is 0.0697. The van der Waals surface area contributed by atoms with E-state index in [-0.39, 0.29) is 16.0 Å². The van der Waals surface area contributed by atoms with Crippen molar-refractivity contribution in [1.29, 1.82) is 0 Å². The lowest BCUT2D eigenvalue weighted by Gasteiger charge is -2.20. The molecule has 0 saturated heterocycles. The number of benzene rings is 1. The van der Waals surface area contributed by atoms with Crippen LogP contribution in [0.5, 0.6) is 0 Å². The normalized spacial score (nSPS) is 11.5. The Morgan fingerprint density at radius 2 is 1.93 bits per heavy atom. The molecule has 0 amide bonds. The van der Waals surface area contributed by atoms with Crippen LogP contribution >= 0.6 is 27.5 Å². The van der Waals surface area contributed by atoms with Crippen LogP contribution in [0.15, 0.2) is 16.6 Å². The molecular weight excluding hydrogens is 279 g/mol. The van der Waals surface area contributed by atoms with Crippen LogP contribution in [0.2, 0.25) is 5.02 Å². The third-order valence-electron chi connectivity index (χ3n) is 2.12. The number of rotatable bonds is 1. The van der Waals surface area contributed by atoms with Crippen LogP contribution in [0.3, 0.4) is 0 Å². The Bertz CT molecular complexity index is 408. The molecule has 2 nitrogen and oxygen atoms in total. The van der Waals surface area contributed by atoms with E-state index in [1.165, 1.54) is 0 Å². The van der Waals surface area contributed by atoms with Gasteiger partial charge in [0.15, 0.2) is 0 Å². The molecule has 1 aromatic carbocycles. The van der Waals surface area contributed by atoms with Crippen molar-refractivity contribution in [3.63, 3.8) is 0 Å². The molecule has 0 spiro atoms. The quantitative estimate of drug-likeness (QED) is 0.846. The molecule has 0 aliphatic rings. The van der Waals surface area contributed by atoms with E-state index < -0.39 is 5.97 Å². The Kier molecular flexibility index (Phi) is 3.46. The minimum Gasteiger partial charge on any atom is -0.478 e. The van der Waals surface area contributed by atoms with Crippen LogP contribution in [0.4, 0.5) is 0 Å². The summed E-state index contributed by atoms with van der Waals surface area (Å²) in [7, 11) is 0. The molecule has 1 aromatic rings. The second kappa shape index (κ2) is 4.14. The fourth-order valence-electron chi connectivity index (χ4n) is 1.18. The first-order chi connectivity index (χ1) is 6.73. The van der Waals surface area contributed by atoms with Gasteiger partial charge in [0.25, 0.3) is 0 Å². The van der Waals surface area contributed by atoms with E-state index in [1.807, 2.05) is 26.8 Å². The number of carboxylic acids is 1. The highest BCUT2D eigenvalue weighted by atomic mass is 79.9. The van der Waals surface area contributed by atoms with Crippen LogP contribution in [0.1, 0.15) is 36.7 Å². The van der Waals surface area contributed by atoms with Gasteiger partial charge in [0, 0.05) is 4.47 Å². The summed E-state index contributed by atoms with van der Waals surface area (Å²) in [6, 6.07) is 3.48. The van der Waals surface area contributed by atoms with Crippen molar-refractivity contribution in [3.8, 4) is 0 Å². The van der Waals surface area contributed by atoms with Gasteiger partial charge in [0.1, 0.15) is 0 Å². The molecule has 0 heterocycles. The van der Waals surface area contributed by atoms with E-state index in [0.29, 0.717) is 4.47 Å². The van der Waals surface area contributed by atoms with Gasteiger partial charge in [-0.1, -0.05) is 32.4 Å². The van der Waals surface area contributed by atoms with Gasteiger partial charge < -0.3 is 5.11 Å². The maximum Gasteiger partial charge on any atom is 0.337 e.